The minimum atomic E-state index is -0.928. The van der Waals surface area contributed by atoms with Gasteiger partial charge in [-0.05, 0) is 56.2 Å². The molecule has 2 aromatic rings. The molecule has 1 heterocycles. The Kier molecular flexibility index (Phi) is 3.51. The van der Waals surface area contributed by atoms with Crippen molar-refractivity contribution in [1.29, 1.82) is 0 Å². The van der Waals surface area contributed by atoms with E-state index in [-0.39, 0.29) is 30.1 Å². The van der Waals surface area contributed by atoms with Crippen molar-refractivity contribution in [2.24, 2.45) is 11.8 Å². The number of amides is 1. The molecule has 0 spiro atoms. The van der Waals surface area contributed by atoms with Crippen LogP contribution in [0.5, 0.6) is 0 Å². The molecule has 1 aromatic heterocycles. The van der Waals surface area contributed by atoms with Gasteiger partial charge >= 0.3 is 6.09 Å². The van der Waals surface area contributed by atoms with Gasteiger partial charge in [0.25, 0.3) is 0 Å². The van der Waals surface area contributed by atoms with Crippen LogP contribution in [0.25, 0.3) is 10.9 Å². The van der Waals surface area contributed by atoms with E-state index in [1.165, 1.54) is 0 Å². The Morgan fingerprint density at radius 3 is 2.83 bits per heavy atom. The summed E-state index contributed by atoms with van der Waals surface area (Å²) in [6.07, 6.45) is 2.41. The number of ether oxygens (including phenoxy) is 1. The Morgan fingerprint density at radius 1 is 1.46 bits per heavy atom. The third-order valence-electron chi connectivity index (χ3n) is 5.13. The van der Waals surface area contributed by atoms with Crippen LogP contribution >= 0.6 is 11.6 Å². The van der Waals surface area contributed by atoms with Gasteiger partial charge < -0.3 is 15.2 Å². The maximum atomic E-state index is 11.7. The molecular formula is C17H20ClN3O3. The first-order valence-electron chi connectivity index (χ1n) is 8.20. The number of aliphatic hydroxyl groups is 1. The zero-order chi connectivity index (χ0) is 17.1. The van der Waals surface area contributed by atoms with Gasteiger partial charge in [-0.15, -0.1) is 0 Å². The number of alkyl carbamates (subject to hydrolysis) is 1. The van der Waals surface area contributed by atoms with Crippen molar-refractivity contribution in [2.75, 3.05) is 0 Å². The van der Waals surface area contributed by atoms with Crippen molar-refractivity contribution < 1.29 is 14.6 Å². The van der Waals surface area contributed by atoms with Gasteiger partial charge in [-0.1, -0.05) is 11.6 Å². The molecule has 2 aliphatic rings. The van der Waals surface area contributed by atoms with E-state index in [0.29, 0.717) is 17.9 Å². The first-order valence-corrected chi connectivity index (χ1v) is 8.58. The number of fused-ring (bicyclic) bond motifs is 2. The Balaban J connectivity index is 1.50. The van der Waals surface area contributed by atoms with Crippen LogP contribution in [0.4, 0.5) is 4.79 Å². The normalized spacial score (nSPS) is 31.3. The number of benzene rings is 1. The number of carbonyl (C=O) groups excluding carboxylic acids is 1. The van der Waals surface area contributed by atoms with Crippen molar-refractivity contribution in [1.82, 2.24) is 15.5 Å². The molecule has 0 radical (unpaired) electrons. The van der Waals surface area contributed by atoms with Gasteiger partial charge in [0.05, 0.1) is 23.4 Å². The van der Waals surface area contributed by atoms with Crippen LogP contribution in [0.3, 0.4) is 0 Å². The summed E-state index contributed by atoms with van der Waals surface area (Å²) in [5.74, 6) is 0.547. The molecule has 24 heavy (non-hydrogen) atoms. The molecule has 0 saturated heterocycles. The molecule has 1 amide bonds. The first-order chi connectivity index (χ1) is 11.4. The number of carbonyl (C=O) groups is 1. The van der Waals surface area contributed by atoms with Crippen LogP contribution < -0.4 is 5.32 Å². The van der Waals surface area contributed by atoms with E-state index in [1.807, 2.05) is 19.9 Å². The molecule has 0 aliphatic heterocycles. The SMILES string of the molecule is CC(C)OC(=O)NC1[C@H]2CC(O)(c3cc(Cl)cc4[nH]ncc34)C[C@@H]12. The van der Waals surface area contributed by atoms with E-state index in [4.69, 9.17) is 16.3 Å². The predicted octanol–water partition coefficient (Wildman–Crippen LogP) is 2.95. The monoisotopic (exact) mass is 349 g/mol. The first kappa shape index (κ1) is 15.7. The van der Waals surface area contributed by atoms with Crippen LogP contribution in [0.15, 0.2) is 18.3 Å². The maximum absolute atomic E-state index is 11.7. The Morgan fingerprint density at radius 2 is 2.17 bits per heavy atom. The fraction of sp³-hybridized carbons (Fsp3) is 0.529. The Bertz CT molecular complexity index is 791. The second-order valence-electron chi connectivity index (χ2n) is 7.18. The number of nitrogens with zero attached hydrogens (tertiary/aromatic N) is 1. The molecule has 2 unspecified atom stereocenters. The van der Waals surface area contributed by atoms with Gasteiger partial charge in [-0.2, -0.15) is 5.10 Å². The average Bonchev–Trinajstić information content (AvgIpc) is 2.90. The highest BCUT2D eigenvalue weighted by Gasteiger charge is 2.62. The fourth-order valence-electron chi connectivity index (χ4n) is 4.08. The van der Waals surface area contributed by atoms with E-state index in [1.54, 1.807) is 12.3 Å². The molecule has 4 atom stereocenters. The van der Waals surface area contributed by atoms with E-state index < -0.39 is 5.60 Å². The third-order valence-corrected chi connectivity index (χ3v) is 5.35. The smallest absolute Gasteiger partial charge is 0.407 e. The molecule has 7 heteroatoms. The number of H-pyrrole nitrogens is 1. The minimum absolute atomic E-state index is 0.0931. The third kappa shape index (κ3) is 2.54. The van der Waals surface area contributed by atoms with Crippen LogP contribution in [-0.4, -0.2) is 33.5 Å². The van der Waals surface area contributed by atoms with Gasteiger partial charge in [0.15, 0.2) is 0 Å². The predicted molar refractivity (Wildman–Crippen MR) is 89.8 cm³/mol. The van der Waals surface area contributed by atoms with Gasteiger partial charge in [0, 0.05) is 16.5 Å². The number of aromatic nitrogens is 2. The summed E-state index contributed by atoms with van der Waals surface area (Å²) >= 11 is 6.18. The number of aromatic amines is 1. The molecule has 0 bridgehead atoms. The number of halogens is 1. The van der Waals surface area contributed by atoms with Crippen LogP contribution in [-0.2, 0) is 10.3 Å². The number of hydrogen-bond acceptors (Lipinski definition) is 4. The second kappa shape index (κ2) is 5.36. The van der Waals surface area contributed by atoms with Gasteiger partial charge in [-0.25, -0.2) is 4.79 Å². The molecule has 1 aromatic carbocycles. The van der Waals surface area contributed by atoms with E-state index >= 15 is 0 Å². The summed E-state index contributed by atoms with van der Waals surface area (Å²) in [6.45, 7) is 3.64. The van der Waals surface area contributed by atoms with Crippen molar-refractivity contribution in [3.8, 4) is 0 Å². The highest BCUT2D eigenvalue weighted by atomic mass is 35.5. The lowest BCUT2D eigenvalue weighted by atomic mass is 9.86. The van der Waals surface area contributed by atoms with Crippen molar-refractivity contribution >= 4 is 28.6 Å². The summed E-state index contributed by atoms with van der Waals surface area (Å²) in [4.78, 5) is 11.7. The maximum Gasteiger partial charge on any atom is 0.407 e. The quantitative estimate of drug-likeness (QED) is 0.795. The topological polar surface area (TPSA) is 87.2 Å². The molecule has 2 fully saturated rings. The van der Waals surface area contributed by atoms with Crippen LogP contribution in [0.1, 0.15) is 32.3 Å². The highest BCUT2D eigenvalue weighted by molar-refractivity contribution is 6.31. The van der Waals surface area contributed by atoms with Crippen molar-refractivity contribution in [3.63, 3.8) is 0 Å². The van der Waals surface area contributed by atoms with Gasteiger partial charge in [0.1, 0.15) is 0 Å². The Hall–Kier alpha value is -1.79. The summed E-state index contributed by atoms with van der Waals surface area (Å²) in [5.41, 5.74) is 0.707. The van der Waals surface area contributed by atoms with E-state index in [9.17, 15) is 9.90 Å². The lowest BCUT2D eigenvalue weighted by Crippen LogP contribution is -2.34. The van der Waals surface area contributed by atoms with Gasteiger partial charge in [0.2, 0.25) is 0 Å². The van der Waals surface area contributed by atoms with E-state index in [2.05, 4.69) is 15.5 Å². The summed E-state index contributed by atoms with van der Waals surface area (Å²) in [5, 5.41) is 22.5. The summed E-state index contributed by atoms with van der Waals surface area (Å²) in [6, 6.07) is 3.72. The molecule has 2 saturated carbocycles. The fourth-order valence-corrected chi connectivity index (χ4v) is 4.30. The van der Waals surface area contributed by atoms with Crippen LogP contribution in [0.2, 0.25) is 5.02 Å². The summed E-state index contributed by atoms with van der Waals surface area (Å²) < 4.78 is 5.12. The molecule has 3 N–H and O–H groups in total. The number of nitrogens with one attached hydrogen (secondary N) is 2. The minimum Gasteiger partial charge on any atom is -0.447 e. The largest absolute Gasteiger partial charge is 0.447 e. The number of rotatable bonds is 3. The Labute approximate surface area is 144 Å². The lowest BCUT2D eigenvalue weighted by molar-refractivity contribution is 0.0288. The molecule has 6 nitrogen and oxygen atoms in total. The second-order valence-corrected chi connectivity index (χ2v) is 7.61. The molecular weight excluding hydrogens is 330 g/mol. The highest BCUT2D eigenvalue weighted by Crippen LogP contribution is 2.60. The molecule has 4 rings (SSSR count). The molecule has 2 aliphatic carbocycles. The standard InChI is InChI=1S/C17H20ClN3O3/c1-8(2)24-16(22)20-15-10-5-17(23,6-11(10)15)13-3-9(18)4-14-12(13)7-19-21-14/h3-4,7-8,10-11,15,23H,5-6H2,1-2H3,(H,19,21)(H,20,22)/t10-,11+,15?,17?. The lowest BCUT2D eigenvalue weighted by Gasteiger charge is -2.27. The van der Waals surface area contributed by atoms with Crippen LogP contribution in [0, 0.1) is 11.8 Å². The summed E-state index contributed by atoms with van der Waals surface area (Å²) in [7, 11) is 0. The zero-order valence-corrected chi connectivity index (χ0v) is 14.3. The van der Waals surface area contributed by atoms with E-state index in [0.717, 1.165) is 16.5 Å². The van der Waals surface area contributed by atoms with Gasteiger partial charge in [-0.3, -0.25) is 5.10 Å². The van der Waals surface area contributed by atoms with Crippen molar-refractivity contribution in [3.05, 3.63) is 28.9 Å². The zero-order valence-electron chi connectivity index (χ0n) is 13.5. The molecule has 128 valence electrons. The average molecular weight is 350 g/mol. The van der Waals surface area contributed by atoms with Crippen molar-refractivity contribution in [2.45, 2.75) is 44.4 Å². The number of hydrogen-bond donors (Lipinski definition) is 3.